The third kappa shape index (κ3) is 2.77. The zero-order valence-corrected chi connectivity index (χ0v) is 13.0. The quantitative estimate of drug-likeness (QED) is 0.885. The van der Waals surface area contributed by atoms with Crippen molar-refractivity contribution in [2.75, 3.05) is 26.4 Å². The first-order valence-electron chi connectivity index (χ1n) is 8.49. The first-order chi connectivity index (χ1) is 10.8. The molecule has 2 aliphatic heterocycles. The molecule has 3 heterocycles. The highest BCUT2D eigenvalue weighted by Crippen LogP contribution is 2.41. The van der Waals surface area contributed by atoms with Crippen LogP contribution in [0.1, 0.15) is 50.4 Å². The lowest BCUT2D eigenvalue weighted by Crippen LogP contribution is -2.51. The monoisotopic (exact) mass is 307 g/mol. The minimum Gasteiger partial charge on any atom is -0.395 e. The summed E-state index contributed by atoms with van der Waals surface area (Å²) in [5.41, 5.74) is 0.363. The lowest BCUT2D eigenvalue weighted by molar-refractivity contribution is -0.0560. The molecule has 0 aromatic carbocycles. The van der Waals surface area contributed by atoms with Gasteiger partial charge in [-0.25, -0.2) is 4.68 Å². The Bertz CT molecular complexity index is 510. The van der Waals surface area contributed by atoms with Gasteiger partial charge < -0.3 is 9.84 Å². The third-order valence-corrected chi connectivity index (χ3v) is 5.63. The van der Waals surface area contributed by atoms with Crippen LogP contribution in [0.2, 0.25) is 0 Å². The van der Waals surface area contributed by atoms with Crippen LogP contribution in [-0.4, -0.2) is 62.6 Å². The molecule has 3 fully saturated rings. The van der Waals surface area contributed by atoms with Crippen LogP contribution in [0.15, 0.2) is 0 Å². The van der Waals surface area contributed by atoms with Crippen LogP contribution in [-0.2, 0) is 11.3 Å². The van der Waals surface area contributed by atoms with Crippen LogP contribution in [0.3, 0.4) is 0 Å². The van der Waals surface area contributed by atoms with Gasteiger partial charge in [-0.05, 0) is 54.4 Å². The third-order valence-electron chi connectivity index (χ3n) is 5.63. The number of nitrogens with zero attached hydrogens (tertiary/aromatic N) is 5. The van der Waals surface area contributed by atoms with E-state index in [9.17, 15) is 5.11 Å². The van der Waals surface area contributed by atoms with Gasteiger partial charge in [0, 0.05) is 25.8 Å². The Hall–Kier alpha value is -1.05. The van der Waals surface area contributed by atoms with Gasteiger partial charge in [0.25, 0.3) is 0 Å². The Labute approximate surface area is 130 Å². The summed E-state index contributed by atoms with van der Waals surface area (Å²) in [6.07, 6.45) is 6.89. The molecule has 7 nitrogen and oxygen atoms in total. The summed E-state index contributed by atoms with van der Waals surface area (Å²) >= 11 is 0. The fourth-order valence-electron chi connectivity index (χ4n) is 4.00. The van der Waals surface area contributed by atoms with Crippen molar-refractivity contribution in [1.29, 1.82) is 0 Å². The van der Waals surface area contributed by atoms with Crippen LogP contribution in [0.4, 0.5) is 0 Å². The molecule has 1 N–H and O–H groups in total. The number of rotatable bonds is 4. The average molecular weight is 307 g/mol. The molecule has 122 valence electrons. The van der Waals surface area contributed by atoms with Gasteiger partial charge in [-0.15, -0.1) is 5.10 Å². The number of ether oxygens (including phenoxy) is 1. The standard InChI is InChI=1S/C15H25N5O2/c21-10-13-3-4-15(5-7-22-8-6-15)11-19(13)9-14-16-17-18-20(14)12-1-2-12/h12-13,21H,1-11H2/t13-/m1/s1. The molecule has 7 heteroatoms. The molecule has 1 atom stereocenters. The summed E-state index contributed by atoms with van der Waals surface area (Å²) in [6, 6.07) is 0.734. The Kier molecular flexibility index (Phi) is 3.88. The Morgan fingerprint density at radius 1 is 1.18 bits per heavy atom. The van der Waals surface area contributed by atoms with Crippen molar-refractivity contribution >= 4 is 0 Å². The van der Waals surface area contributed by atoms with Crippen LogP contribution >= 0.6 is 0 Å². The summed E-state index contributed by atoms with van der Waals surface area (Å²) in [6.45, 7) is 3.74. The number of piperidine rings is 1. The maximum atomic E-state index is 9.74. The van der Waals surface area contributed by atoms with E-state index in [1.165, 1.54) is 19.3 Å². The average Bonchev–Trinajstić information content (AvgIpc) is 3.28. The molecular formula is C15H25N5O2. The van der Waals surface area contributed by atoms with Gasteiger partial charge in [-0.3, -0.25) is 4.90 Å². The van der Waals surface area contributed by atoms with Gasteiger partial charge in [-0.2, -0.15) is 0 Å². The molecule has 0 bridgehead atoms. The fourth-order valence-corrected chi connectivity index (χ4v) is 4.00. The number of aromatic nitrogens is 4. The number of aliphatic hydroxyl groups excluding tert-OH is 1. The highest BCUT2D eigenvalue weighted by atomic mass is 16.5. The second kappa shape index (κ2) is 5.86. The maximum absolute atomic E-state index is 9.74. The van der Waals surface area contributed by atoms with Gasteiger partial charge in [-0.1, -0.05) is 0 Å². The molecule has 0 unspecified atom stereocenters. The van der Waals surface area contributed by atoms with Crippen molar-refractivity contribution in [3.63, 3.8) is 0 Å². The zero-order chi connectivity index (χ0) is 15.0. The van der Waals surface area contributed by atoms with Gasteiger partial charge in [0.2, 0.25) is 0 Å². The van der Waals surface area contributed by atoms with Gasteiger partial charge in [0.05, 0.1) is 19.2 Å². The molecule has 1 aromatic rings. The predicted octanol–water partition coefficient (Wildman–Crippen LogP) is 0.761. The summed E-state index contributed by atoms with van der Waals surface area (Å²) in [5.74, 6) is 0.949. The fraction of sp³-hybridized carbons (Fsp3) is 0.933. The molecule has 3 aliphatic rings. The van der Waals surface area contributed by atoms with Gasteiger partial charge in [0.15, 0.2) is 5.82 Å². The topological polar surface area (TPSA) is 76.3 Å². The summed E-state index contributed by atoms with van der Waals surface area (Å²) in [5, 5.41) is 22.0. The number of hydrogen-bond acceptors (Lipinski definition) is 6. The molecule has 1 saturated carbocycles. The first kappa shape index (κ1) is 14.5. The van der Waals surface area contributed by atoms with E-state index in [2.05, 4.69) is 20.4 Å². The van der Waals surface area contributed by atoms with Crippen molar-refractivity contribution in [2.45, 2.75) is 57.2 Å². The van der Waals surface area contributed by atoms with E-state index in [0.29, 0.717) is 11.5 Å². The SMILES string of the molecule is OC[C@H]1CCC2(CCOCC2)CN1Cc1nnnn1C1CC1. The zero-order valence-electron chi connectivity index (χ0n) is 13.0. The number of tetrazole rings is 1. The van der Waals surface area contributed by atoms with Crippen molar-refractivity contribution in [2.24, 2.45) is 5.41 Å². The van der Waals surface area contributed by atoms with Crippen molar-refractivity contribution in [3.05, 3.63) is 5.82 Å². The van der Waals surface area contributed by atoms with Crippen molar-refractivity contribution < 1.29 is 9.84 Å². The highest BCUT2D eigenvalue weighted by Gasteiger charge is 2.41. The second-order valence-electron chi connectivity index (χ2n) is 7.16. The Balaban J connectivity index is 1.50. The molecule has 4 rings (SSSR count). The largest absolute Gasteiger partial charge is 0.395 e. The lowest BCUT2D eigenvalue weighted by atomic mass is 9.72. The molecule has 0 radical (unpaired) electrons. The smallest absolute Gasteiger partial charge is 0.165 e. The van der Waals surface area contributed by atoms with Crippen LogP contribution < -0.4 is 0 Å². The van der Waals surface area contributed by atoms with Crippen molar-refractivity contribution in [1.82, 2.24) is 25.1 Å². The van der Waals surface area contributed by atoms with Crippen LogP contribution in [0, 0.1) is 5.41 Å². The van der Waals surface area contributed by atoms with E-state index in [1.807, 2.05) is 4.68 Å². The number of likely N-dealkylation sites (tertiary alicyclic amines) is 1. The molecule has 1 aromatic heterocycles. The number of hydrogen-bond donors (Lipinski definition) is 1. The van der Waals surface area contributed by atoms with Crippen LogP contribution in [0.25, 0.3) is 0 Å². The predicted molar refractivity (Wildman–Crippen MR) is 79.1 cm³/mol. The van der Waals surface area contributed by atoms with Gasteiger partial charge >= 0.3 is 0 Å². The van der Waals surface area contributed by atoms with E-state index in [4.69, 9.17) is 4.74 Å². The van der Waals surface area contributed by atoms with E-state index < -0.39 is 0 Å². The van der Waals surface area contributed by atoms with E-state index in [-0.39, 0.29) is 12.6 Å². The summed E-state index contributed by atoms with van der Waals surface area (Å²) < 4.78 is 7.53. The Morgan fingerprint density at radius 2 is 2.00 bits per heavy atom. The molecule has 0 amide bonds. The minimum absolute atomic E-state index is 0.220. The molecular weight excluding hydrogens is 282 g/mol. The molecule has 1 aliphatic carbocycles. The van der Waals surface area contributed by atoms with E-state index >= 15 is 0 Å². The highest BCUT2D eigenvalue weighted by molar-refractivity contribution is 4.96. The lowest BCUT2D eigenvalue weighted by Gasteiger charge is -2.48. The molecule has 2 saturated heterocycles. The number of aliphatic hydroxyl groups is 1. The molecule has 22 heavy (non-hydrogen) atoms. The summed E-state index contributed by atoms with van der Waals surface area (Å²) in [7, 11) is 0. The minimum atomic E-state index is 0.220. The second-order valence-corrected chi connectivity index (χ2v) is 7.16. The maximum Gasteiger partial charge on any atom is 0.165 e. The van der Waals surface area contributed by atoms with E-state index in [0.717, 1.165) is 51.4 Å². The summed E-state index contributed by atoms with van der Waals surface area (Å²) in [4.78, 5) is 2.40. The van der Waals surface area contributed by atoms with Gasteiger partial charge in [0.1, 0.15) is 0 Å². The normalized spacial score (nSPS) is 29.0. The van der Waals surface area contributed by atoms with E-state index in [1.54, 1.807) is 0 Å². The Morgan fingerprint density at radius 3 is 2.73 bits per heavy atom. The first-order valence-corrected chi connectivity index (χ1v) is 8.49. The van der Waals surface area contributed by atoms with Crippen molar-refractivity contribution in [3.8, 4) is 0 Å². The van der Waals surface area contributed by atoms with Crippen LogP contribution in [0.5, 0.6) is 0 Å². The molecule has 1 spiro atoms.